The number of hydrogen-bond donors (Lipinski definition) is 1. The molecule has 2 aliphatic rings. The standard InChI is InChI=1S/C18H29N3O2/c1-2-15-14-19-9-12-21(15)17(16-8-7-13-23-16)18(22)20-10-5-3-4-6-11-20/h7-8,13,15,17,19H,2-6,9-12,14H2,1H3. The molecule has 2 saturated heterocycles. The van der Waals surface area contributed by atoms with E-state index >= 15 is 0 Å². The molecule has 2 unspecified atom stereocenters. The zero-order valence-electron chi connectivity index (χ0n) is 14.2. The van der Waals surface area contributed by atoms with E-state index in [1.165, 1.54) is 12.8 Å². The Kier molecular flexibility index (Phi) is 5.73. The van der Waals surface area contributed by atoms with Gasteiger partial charge >= 0.3 is 0 Å². The Bertz CT molecular complexity index is 480. The normalized spacial score (nSPS) is 25.1. The zero-order chi connectivity index (χ0) is 16.1. The number of hydrogen-bond acceptors (Lipinski definition) is 4. The summed E-state index contributed by atoms with van der Waals surface area (Å²) in [5.74, 6) is 1.02. The van der Waals surface area contributed by atoms with Crippen LogP contribution in [0.25, 0.3) is 0 Å². The van der Waals surface area contributed by atoms with Gasteiger partial charge in [-0.3, -0.25) is 9.69 Å². The lowest BCUT2D eigenvalue weighted by atomic mass is 10.0. The van der Waals surface area contributed by atoms with Crippen LogP contribution in [0.3, 0.4) is 0 Å². The van der Waals surface area contributed by atoms with E-state index in [0.717, 1.165) is 57.7 Å². The van der Waals surface area contributed by atoms with Crippen LogP contribution in [-0.4, -0.2) is 54.5 Å². The lowest BCUT2D eigenvalue weighted by Gasteiger charge is -2.41. The fourth-order valence-corrected chi connectivity index (χ4v) is 3.83. The van der Waals surface area contributed by atoms with Crippen molar-refractivity contribution < 1.29 is 9.21 Å². The van der Waals surface area contributed by atoms with Crippen LogP contribution in [0, 0.1) is 0 Å². The molecule has 0 saturated carbocycles. The van der Waals surface area contributed by atoms with Crippen molar-refractivity contribution in [2.75, 3.05) is 32.7 Å². The fourth-order valence-electron chi connectivity index (χ4n) is 3.83. The fraction of sp³-hybridized carbons (Fsp3) is 0.722. The lowest BCUT2D eigenvalue weighted by molar-refractivity contribution is -0.139. The summed E-state index contributed by atoms with van der Waals surface area (Å²) in [6.45, 7) is 6.74. The highest BCUT2D eigenvalue weighted by atomic mass is 16.3. The highest BCUT2D eigenvalue weighted by Gasteiger charge is 2.37. The van der Waals surface area contributed by atoms with Crippen molar-refractivity contribution in [3.8, 4) is 0 Å². The van der Waals surface area contributed by atoms with Crippen LogP contribution in [0.5, 0.6) is 0 Å². The van der Waals surface area contributed by atoms with Crippen LogP contribution in [0.1, 0.15) is 50.8 Å². The third-order valence-electron chi connectivity index (χ3n) is 5.16. The Hall–Kier alpha value is -1.33. The molecular weight excluding hydrogens is 290 g/mol. The van der Waals surface area contributed by atoms with Crippen molar-refractivity contribution >= 4 is 5.91 Å². The van der Waals surface area contributed by atoms with Gasteiger partial charge in [-0.15, -0.1) is 0 Å². The first-order chi connectivity index (χ1) is 11.3. The van der Waals surface area contributed by atoms with Crippen LogP contribution in [-0.2, 0) is 4.79 Å². The summed E-state index contributed by atoms with van der Waals surface area (Å²) in [7, 11) is 0. The van der Waals surface area contributed by atoms with E-state index in [9.17, 15) is 4.79 Å². The minimum Gasteiger partial charge on any atom is -0.467 e. The molecule has 1 aromatic rings. The van der Waals surface area contributed by atoms with Gasteiger partial charge in [0.15, 0.2) is 0 Å². The predicted molar refractivity (Wildman–Crippen MR) is 90.2 cm³/mol. The number of rotatable bonds is 4. The predicted octanol–water partition coefficient (Wildman–Crippen LogP) is 2.41. The van der Waals surface area contributed by atoms with Gasteiger partial charge in [0.1, 0.15) is 11.8 Å². The molecule has 5 nitrogen and oxygen atoms in total. The SMILES string of the molecule is CCC1CNCCN1C(C(=O)N1CCCCCC1)c1ccco1. The largest absolute Gasteiger partial charge is 0.467 e. The van der Waals surface area contributed by atoms with Crippen LogP contribution in [0.15, 0.2) is 22.8 Å². The van der Waals surface area contributed by atoms with Gasteiger partial charge in [-0.05, 0) is 31.4 Å². The van der Waals surface area contributed by atoms with Crippen LogP contribution in [0.4, 0.5) is 0 Å². The number of carbonyl (C=O) groups is 1. The van der Waals surface area contributed by atoms with E-state index in [1.54, 1.807) is 6.26 Å². The van der Waals surface area contributed by atoms with Gasteiger partial charge in [-0.2, -0.15) is 0 Å². The molecule has 0 aliphatic carbocycles. The highest BCUT2D eigenvalue weighted by molar-refractivity contribution is 5.82. The molecule has 0 spiro atoms. The second-order valence-electron chi connectivity index (χ2n) is 6.66. The molecule has 3 heterocycles. The Morgan fingerprint density at radius 2 is 2.09 bits per heavy atom. The van der Waals surface area contributed by atoms with Gasteiger partial charge in [0.05, 0.1) is 6.26 Å². The van der Waals surface area contributed by atoms with Crippen molar-refractivity contribution in [3.05, 3.63) is 24.2 Å². The molecule has 2 atom stereocenters. The van der Waals surface area contributed by atoms with Gasteiger partial charge in [0, 0.05) is 38.8 Å². The molecule has 2 aliphatic heterocycles. The minimum atomic E-state index is -0.268. The van der Waals surface area contributed by atoms with Gasteiger partial charge in [0.25, 0.3) is 0 Å². The summed E-state index contributed by atoms with van der Waals surface area (Å²) < 4.78 is 5.68. The Morgan fingerprint density at radius 3 is 2.74 bits per heavy atom. The topological polar surface area (TPSA) is 48.7 Å². The number of piperazine rings is 1. The van der Waals surface area contributed by atoms with E-state index in [1.807, 2.05) is 12.1 Å². The molecule has 0 bridgehead atoms. The van der Waals surface area contributed by atoms with Crippen molar-refractivity contribution in [1.82, 2.24) is 15.1 Å². The molecule has 0 aromatic carbocycles. The average molecular weight is 319 g/mol. The number of nitrogens with one attached hydrogen (secondary N) is 1. The maximum atomic E-state index is 13.3. The van der Waals surface area contributed by atoms with Crippen molar-refractivity contribution in [3.63, 3.8) is 0 Å². The number of amides is 1. The van der Waals surface area contributed by atoms with Crippen LogP contribution >= 0.6 is 0 Å². The second kappa shape index (κ2) is 7.97. The molecule has 5 heteroatoms. The average Bonchev–Trinajstić information content (AvgIpc) is 2.96. The number of furan rings is 1. The lowest BCUT2D eigenvalue weighted by Crippen LogP contribution is -2.55. The first-order valence-electron chi connectivity index (χ1n) is 9.10. The quantitative estimate of drug-likeness (QED) is 0.926. The monoisotopic (exact) mass is 319 g/mol. The molecule has 0 radical (unpaired) electrons. The van der Waals surface area contributed by atoms with Crippen molar-refractivity contribution in [2.24, 2.45) is 0 Å². The van der Waals surface area contributed by atoms with Crippen molar-refractivity contribution in [1.29, 1.82) is 0 Å². The highest BCUT2D eigenvalue weighted by Crippen LogP contribution is 2.28. The van der Waals surface area contributed by atoms with E-state index in [4.69, 9.17) is 4.42 Å². The van der Waals surface area contributed by atoms with Crippen molar-refractivity contribution in [2.45, 2.75) is 51.1 Å². The van der Waals surface area contributed by atoms with Gasteiger partial charge < -0.3 is 14.6 Å². The van der Waals surface area contributed by atoms with Crippen LogP contribution < -0.4 is 5.32 Å². The summed E-state index contributed by atoms with van der Waals surface area (Å²) in [6, 6.07) is 3.96. The maximum absolute atomic E-state index is 13.3. The van der Waals surface area contributed by atoms with E-state index < -0.39 is 0 Å². The number of nitrogens with zero attached hydrogens (tertiary/aromatic N) is 2. The Labute approximate surface area is 139 Å². The first-order valence-corrected chi connectivity index (χ1v) is 9.10. The molecule has 23 heavy (non-hydrogen) atoms. The number of carbonyl (C=O) groups excluding carboxylic acids is 1. The summed E-state index contributed by atoms with van der Waals surface area (Å²) in [6.07, 6.45) is 7.43. The smallest absolute Gasteiger partial charge is 0.247 e. The van der Waals surface area contributed by atoms with E-state index in [-0.39, 0.29) is 11.9 Å². The summed E-state index contributed by atoms with van der Waals surface area (Å²) in [5.41, 5.74) is 0. The van der Waals surface area contributed by atoms with Gasteiger partial charge in [0.2, 0.25) is 5.91 Å². The molecule has 1 aromatic heterocycles. The zero-order valence-corrected chi connectivity index (χ0v) is 14.2. The summed E-state index contributed by atoms with van der Waals surface area (Å²) in [5, 5.41) is 3.45. The molecule has 3 rings (SSSR count). The molecule has 1 amide bonds. The molecule has 1 N–H and O–H groups in total. The van der Waals surface area contributed by atoms with Crippen LogP contribution in [0.2, 0.25) is 0 Å². The third-order valence-corrected chi connectivity index (χ3v) is 5.16. The Morgan fingerprint density at radius 1 is 1.30 bits per heavy atom. The third kappa shape index (κ3) is 3.78. The van der Waals surface area contributed by atoms with Gasteiger partial charge in [-0.1, -0.05) is 19.8 Å². The maximum Gasteiger partial charge on any atom is 0.247 e. The summed E-state index contributed by atoms with van der Waals surface area (Å²) in [4.78, 5) is 17.7. The molecule has 2 fully saturated rings. The minimum absolute atomic E-state index is 0.224. The summed E-state index contributed by atoms with van der Waals surface area (Å²) >= 11 is 0. The van der Waals surface area contributed by atoms with Gasteiger partial charge in [-0.25, -0.2) is 0 Å². The molecule has 128 valence electrons. The van der Waals surface area contributed by atoms with E-state index in [2.05, 4.69) is 22.0 Å². The second-order valence-corrected chi connectivity index (χ2v) is 6.66. The van der Waals surface area contributed by atoms with E-state index in [0.29, 0.717) is 6.04 Å². The Balaban J connectivity index is 1.84. The number of likely N-dealkylation sites (tertiary alicyclic amines) is 1. The molecular formula is C18H29N3O2. The first kappa shape index (κ1) is 16.5.